The van der Waals surface area contributed by atoms with Crippen molar-refractivity contribution in [3.05, 3.63) is 47.3 Å². The lowest BCUT2D eigenvalue weighted by atomic mass is 9.71. The minimum atomic E-state index is -2.83. The maximum absolute atomic E-state index is 16.1. The predicted molar refractivity (Wildman–Crippen MR) is 210 cm³/mol. The van der Waals surface area contributed by atoms with Gasteiger partial charge in [0.05, 0.1) is 36.6 Å². The molecule has 2 aromatic heterocycles. The second-order valence-corrected chi connectivity index (χ2v) is 17.6. The monoisotopic (exact) mass is 777 g/mol. The normalized spacial score (nSPS) is 25.2. The van der Waals surface area contributed by atoms with Gasteiger partial charge in [-0.1, -0.05) is 12.1 Å². The summed E-state index contributed by atoms with van der Waals surface area (Å²) in [7, 11) is 3.48. The molecule has 8 rings (SSSR count). The Labute approximate surface area is 328 Å². The number of hydrogen-bond donors (Lipinski definition) is 2. The summed E-state index contributed by atoms with van der Waals surface area (Å²) in [6, 6.07) is 7.26. The molecule has 0 radical (unpaired) electrons. The van der Waals surface area contributed by atoms with Crippen molar-refractivity contribution >= 4 is 34.8 Å². The molecule has 1 saturated carbocycles. The molecule has 15 heteroatoms. The number of halogens is 2. The largest absolute Gasteiger partial charge is 0.444 e. The summed E-state index contributed by atoms with van der Waals surface area (Å²) in [5, 5.41) is 11.2. The van der Waals surface area contributed by atoms with Gasteiger partial charge in [-0.05, 0) is 108 Å². The SMILES string of the molecule is CNc1cc(N2CCc3c(CN4CCC(N5CCC6(CCN(C(=O)OC(C)(C)C)CC6)CC5)C(F)(F)C4)cccc32)nn2c(C(=O)N[C@@H]3CC[C@H]3OC)cnc12. The van der Waals surface area contributed by atoms with E-state index < -0.39 is 17.6 Å². The molecule has 13 nitrogen and oxygen atoms in total. The molecule has 5 aliphatic rings. The van der Waals surface area contributed by atoms with Crippen molar-refractivity contribution in [2.75, 3.05) is 70.2 Å². The van der Waals surface area contributed by atoms with Crippen LogP contribution in [-0.4, -0.2) is 131 Å². The van der Waals surface area contributed by atoms with Gasteiger partial charge >= 0.3 is 6.09 Å². The lowest BCUT2D eigenvalue weighted by molar-refractivity contribution is -0.139. The van der Waals surface area contributed by atoms with E-state index in [9.17, 15) is 9.59 Å². The molecule has 3 aromatic rings. The van der Waals surface area contributed by atoms with Crippen LogP contribution >= 0.6 is 0 Å². The number of likely N-dealkylation sites (tertiary alicyclic amines) is 3. The summed E-state index contributed by atoms with van der Waals surface area (Å²) in [6.45, 7) is 9.78. The number of carbonyl (C=O) groups excluding carboxylic acids is 2. The van der Waals surface area contributed by atoms with E-state index in [1.54, 1.807) is 22.7 Å². The maximum atomic E-state index is 16.1. The number of imidazole rings is 1. The molecule has 2 amide bonds. The minimum Gasteiger partial charge on any atom is -0.444 e. The van der Waals surface area contributed by atoms with Crippen LogP contribution in [0.25, 0.3) is 5.65 Å². The standard InChI is InChI=1S/C41H57F2N9O4/c1-39(2,3)56-38(54)50-21-15-40(16-22-50)13-19-49(20-14-40)34-12-17-48(26-41(34,42)43)25-27-7-6-8-31-28(27)11-18-51(31)35-23-30(44-4)36-45-24-32(52(36)47-35)37(53)46-29-9-10-33(29)55-5/h6-8,23-24,29,33-34,44H,9-22,25-26H2,1-5H3,(H,46,53)/t29-,33-,34?/m1/s1. The maximum Gasteiger partial charge on any atom is 0.410 e. The van der Waals surface area contributed by atoms with Crippen LogP contribution in [0, 0.1) is 5.41 Å². The number of anilines is 3. The fourth-order valence-electron chi connectivity index (χ4n) is 9.60. The van der Waals surface area contributed by atoms with Gasteiger partial charge in [0, 0.05) is 58.6 Å². The number of methoxy groups -OCH3 is 1. The van der Waals surface area contributed by atoms with E-state index in [0.717, 1.165) is 67.4 Å². The van der Waals surface area contributed by atoms with Gasteiger partial charge in [-0.25, -0.2) is 23.1 Å². The van der Waals surface area contributed by atoms with Crippen molar-refractivity contribution < 1.29 is 27.8 Å². The fraction of sp³-hybridized carbons (Fsp3) is 0.659. The van der Waals surface area contributed by atoms with E-state index in [-0.39, 0.29) is 36.1 Å². The zero-order valence-corrected chi connectivity index (χ0v) is 33.5. The number of amides is 2. The zero-order chi connectivity index (χ0) is 39.4. The molecule has 4 fully saturated rings. The Balaban J connectivity index is 0.902. The number of alkyl halides is 2. The van der Waals surface area contributed by atoms with Gasteiger partial charge in [0.15, 0.2) is 17.2 Å². The molecule has 1 spiro atoms. The van der Waals surface area contributed by atoms with E-state index in [0.29, 0.717) is 69.4 Å². The number of fused-ring (bicyclic) bond motifs is 2. The van der Waals surface area contributed by atoms with Crippen LogP contribution < -0.4 is 15.5 Å². The van der Waals surface area contributed by atoms with E-state index in [4.69, 9.17) is 14.6 Å². The Kier molecular flexibility index (Phi) is 10.4. The van der Waals surface area contributed by atoms with Crippen molar-refractivity contribution in [2.24, 2.45) is 5.41 Å². The first kappa shape index (κ1) is 38.8. The quantitative estimate of drug-likeness (QED) is 0.295. The smallest absolute Gasteiger partial charge is 0.410 e. The second-order valence-electron chi connectivity index (χ2n) is 17.6. The van der Waals surface area contributed by atoms with Gasteiger partial charge in [-0.15, -0.1) is 5.10 Å². The van der Waals surface area contributed by atoms with Gasteiger partial charge in [-0.2, -0.15) is 0 Å². The summed E-state index contributed by atoms with van der Waals surface area (Å²) in [5.74, 6) is -2.40. The molecule has 3 saturated heterocycles. The van der Waals surface area contributed by atoms with E-state index in [1.165, 1.54) is 0 Å². The molecule has 56 heavy (non-hydrogen) atoms. The highest BCUT2D eigenvalue weighted by Crippen LogP contribution is 2.44. The van der Waals surface area contributed by atoms with Gasteiger partial charge in [0.2, 0.25) is 0 Å². The summed E-state index contributed by atoms with van der Waals surface area (Å²) in [4.78, 5) is 38.4. The predicted octanol–water partition coefficient (Wildman–Crippen LogP) is 5.70. The Hall–Kier alpha value is -4.08. The van der Waals surface area contributed by atoms with Gasteiger partial charge in [-0.3, -0.25) is 14.6 Å². The first-order valence-corrected chi connectivity index (χ1v) is 20.4. The van der Waals surface area contributed by atoms with Crippen molar-refractivity contribution in [1.29, 1.82) is 0 Å². The number of rotatable bonds is 8. The highest BCUT2D eigenvalue weighted by atomic mass is 19.3. The number of benzene rings is 1. The number of carbonyl (C=O) groups is 2. The van der Waals surface area contributed by atoms with Gasteiger partial charge in [0.1, 0.15) is 5.60 Å². The van der Waals surface area contributed by atoms with E-state index >= 15 is 8.78 Å². The van der Waals surface area contributed by atoms with Crippen LogP contribution in [0.5, 0.6) is 0 Å². The van der Waals surface area contributed by atoms with E-state index in [2.05, 4.69) is 32.7 Å². The summed E-state index contributed by atoms with van der Waals surface area (Å²) in [6.07, 6.45) is 7.84. The van der Waals surface area contributed by atoms with Crippen LogP contribution in [0.2, 0.25) is 0 Å². The third-order valence-corrected chi connectivity index (χ3v) is 13.0. The third-order valence-electron chi connectivity index (χ3n) is 13.0. The average Bonchev–Trinajstić information content (AvgIpc) is 3.79. The van der Waals surface area contributed by atoms with Crippen molar-refractivity contribution in [2.45, 2.75) is 108 Å². The Morgan fingerprint density at radius 2 is 1.75 bits per heavy atom. The average molecular weight is 778 g/mol. The molecule has 1 unspecified atom stereocenters. The Morgan fingerprint density at radius 1 is 1.00 bits per heavy atom. The molecule has 3 atom stereocenters. The van der Waals surface area contributed by atoms with Crippen molar-refractivity contribution in [3.8, 4) is 0 Å². The second kappa shape index (κ2) is 15.0. The molecule has 1 aromatic carbocycles. The van der Waals surface area contributed by atoms with Gasteiger partial charge < -0.3 is 29.9 Å². The molecular formula is C41H57F2N9O4. The van der Waals surface area contributed by atoms with Crippen LogP contribution in [0.3, 0.4) is 0 Å². The Bertz CT molecular complexity index is 1930. The molecule has 304 valence electrons. The number of hydrogen-bond acceptors (Lipinski definition) is 10. The number of nitrogens with one attached hydrogen (secondary N) is 2. The molecule has 0 bridgehead atoms. The number of piperidine rings is 3. The highest BCUT2D eigenvalue weighted by Gasteiger charge is 2.50. The molecular weight excluding hydrogens is 721 g/mol. The summed E-state index contributed by atoms with van der Waals surface area (Å²) >= 11 is 0. The summed E-state index contributed by atoms with van der Waals surface area (Å²) < 4.78 is 44.8. The van der Waals surface area contributed by atoms with Crippen molar-refractivity contribution in [3.63, 3.8) is 0 Å². The molecule has 6 heterocycles. The van der Waals surface area contributed by atoms with Crippen LogP contribution in [0.4, 0.5) is 30.8 Å². The summed E-state index contributed by atoms with van der Waals surface area (Å²) in [5.41, 5.74) is 4.44. The number of nitrogens with zero attached hydrogens (tertiary/aromatic N) is 7. The number of ether oxygens (including phenoxy) is 2. The number of aromatic nitrogens is 3. The van der Waals surface area contributed by atoms with Crippen LogP contribution in [0.15, 0.2) is 30.5 Å². The fourth-order valence-corrected chi connectivity index (χ4v) is 9.60. The third kappa shape index (κ3) is 7.53. The molecule has 2 N–H and O–H groups in total. The first-order valence-electron chi connectivity index (χ1n) is 20.4. The Morgan fingerprint density at radius 3 is 2.41 bits per heavy atom. The molecule has 1 aliphatic carbocycles. The highest BCUT2D eigenvalue weighted by molar-refractivity contribution is 5.94. The first-order chi connectivity index (χ1) is 26.8. The van der Waals surface area contributed by atoms with Crippen molar-refractivity contribution in [1.82, 2.24) is 34.6 Å². The lowest BCUT2D eigenvalue weighted by Crippen LogP contribution is -2.60. The topological polar surface area (TPSA) is 120 Å². The van der Waals surface area contributed by atoms with Gasteiger partial charge in [0.25, 0.3) is 11.8 Å². The van der Waals surface area contributed by atoms with Crippen LogP contribution in [-0.2, 0) is 22.4 Å². The molecule has 4 aliphatic heterocycles. The van der Waals surface area contributed by atoms with Crippen LogP contribution in [0.1, 0.15) is 87.3 Å². The zero-order valence-electron chi connectivity index (χ0n) is 33.5. The van der Waals surface area contributed by atoms with E-state index in [1.807, 2.05) is 49.8 Å². The lowest BCUT2D eigenvalue weighted by Gasteiger charge is -2.50. The minimum absolute atomic E-state index is 0.00861.